The van der Waals surface area contributed by atoms with E-state index in [-0.39, 0.29) is 10.9 Å². The number of aryl methyl sites for hydroxylation is 1. The van der Waals surface area contributed by atoms with E-state index in [0.29, 0.717) is 27.6 Å². The molecule has 1 saturated carbocycles. The van der Waals surface area contributed by atoms with Crippen molar-refractivity contribution in [1.82, 2.24) is 29.7 Å². The molecule has 2 aliphatic heterocycles. The molecule has 0 radical (unpaired) electrons. The molecule has 8 nitrogen and oxygen atoms in total. The van der Waals surface area contributed by atoms with Gasteiger partial charge in [0.05, 0.1) is 11.8 Å². The zero-order chi connectivity index (χ0) is 31.1. The molecular formula is C33H39F3N8S. The molecule has 3 aliphatic rings. The summed E-state index contributed by atoms with van der Waals surface area (Å²) in [4.78, 5) is 15.3. The number of rotatable bonds is 9. The summed E-state index contributed by atoms with van der Waals surface area (Å²) in [5.74, 6) is 1.76. The second-order valence-electron chi connectivity index (χ2n) is 12.8. The van der Waals surface area contributed by atoms with Crippen LogP contribution in [0.5, 0.6) is 0 Å². The molecule has 0 amide bonds. The van der Waals surface area contributed by atoms with E-state index in [4.69, 9.17) is 4.98 Å². The van der Waals surface area contributed by atoms with Crippen molar-refractivity contribution >= 4 is 38.3 Å². The number of nitriles is 1. The van der Waals surface area contributed by atoms with Gasteiger partial charge in [-0.15, -0.1) is 11.3 Å². The number of fused-ring (bicyclic) bond motifs is 2. The summed E-state index contributed by atoms with van der Waals surface area (Å²) < 4.78 is 41.5. The number of piperidine rings is 1. The van der Waals surface area contributed by atoms with Crippen molar-refractivity contribution in [3.8, 4) is 6.07 Å². The number of thiophene rings is 1. The van der Waals surface area contributed by atoms with Crippen molar-refractivity contribution < 1.29 is 13.2 Å². The summed E-state index contributed by atoms with van der Waals surface area (Å²) in [6.45, 7) is 10.7. The molecule has 12 heteroatoms. The van der Waals surface area contributed by atoms with Gasteiger partial charge in [-0.05, 0) is 61.9 Å². The van der Waals surface area contributed by atoms with Crippen LogP contribution in [0.1, 0.15) is 59.1 Å². The number of benzene rings is 1. The first-order valence-corrected chi connectivity index (χ1v) is 16.9. The summed E-state index contributed by atoms with van der Waals surface area (Å²) in [5, 5.41) is 18.7. The number of nitrogens with one attached hydrogen (secondary N) is 2. The van der Waals surface area contributed by atoms with Crippen LogP contribution in [0.4, 0.5) is 19.0 Å². The molecule has 2 saturated heterocycles. The zero-order valence-electron chi connectivity index (χ0n) is 25.6. The van der Waals surface area contributed by atoms with Crippen LogP contribution in [0, 0.1) is 18.3 Å². The number of piperazine rings is 1. The third-order valence-corrected chi connectivity index (χ3v) is 10.6. The lowest BCUT2D eigenvalue weighted by molar-refractivity contribution is -0.126. The van der Waals surface area contributed by atoms with Gasteiger partial charge in [-0.25, -0.2) is 9.97 Å². The van der Waals surface area contributed by atoms with Crippen molar-refractivity contribution in [1.29, 1.82) is 5.26 Å². The minimum absolute atomic E-state index is 0.198. The fraction of sp³-hybridized carbons (Fsp3) is 0.545. The molecule has 7 rings (SSSR count). The number of likely N-dealkylation sites (tertiary alicyclic amines) is 1. The Morgan fingerprint density at radius 3 is 2.49 bits per heavy atom. The highest BCUT2D eigenvalue weighted by molar-refractivity contribution is 7.18. The van der Waals surface area contributed by atoms with Gasteiger partial charge >= 0.3 is 6.18 Å². The van der Waals surface area contributed by atoms with E-state index in [9.17, 15) is 18.4 Å². The van der Waals surface area contributed by atoms with Crippen LogP contribution in [0.25, 0.3) is 21.1 Å². The first-order valence-electron chi connectivity index (χ1n) is 16.0. The van der Waals surface area contributed by atoms with Crippen LogP contribution in [-0.2, 0) is 19.5 Å². The molecule has 5 heterocycles. The topological polar surface area (TPSA) is 85.0 Å². The second kappa shape index (κ2) is 12.5. The Balaban J connectivity index is 1.01. The number of hydrogen-bond acceptors (Lipinski definition) is 8. The summed E-state index contributed by atoms with van der Waals surface area (Å²) >= 11 is 1.13. The lowest BCUT2D eigenvalue weighted by Gasteiger charge is -2.33. The minimum Gasteiger partial charge on any atom is -0.367 e. The first kappa shape index (κ1) is 30.4. The van der Waals surface area contributed by atoms with Crippen molar-refractivity contribution in [2.75, 3.05) is 51.1 Å². The fourth-order valence-electron chi connectivity index (χ4n) is 6.78. The van der Waals surface area contributed by atoms with E-state index in [0.717, 1.165) is 113 Å². The van der Waals surface area contributed by atoms with Gasteiger partial charge in [-0.3, -0.25) is 9.80 Å². The van der Waals surface area contributed by atoms with Crippen LogP contribution in [0.2, 0.25) is 0 Å². The Morgan fingerprint density at radius 1 is 1.00 bits per heavy atom. The standard InChI is InChI=1S/C33H39F3N8S/c1-21-23(4-5-29-27(21)16-25(19-37)44(29)15-14-42-12-8-38-9-13-42)20-43-10-6-24(7-11-43)39-31-28-17-26(18-33(34,35)36)45-32(28)41-30(40-31)22-2-3-22/h4-5,16-17,22,24,38H,2-3,6-15,18,20H2,1H3,(H,39,40,41). The minimum atomic E-state index is -4.25. The van der Waals surface area contributed by atoms with E-state index < -0.39 is 12.6 Å². The van der Waals surface area contributed by atoms with E-state index in [1.165, 1.54) is 11.1 Å². The van der Waals surface area contributed by atoms with Crippen LogP contribution < -0.4 is 10.6 Å². The highest BCUT2D eigenvalue weighted by atomic mass is 32.1. The monoisotopic (exact) mass is 636 g/mol. The molecule has 0 atom stereocenters. The van der Waals surface area contributed by atoms with Crippen molar-refractivity contribution in [3.05, 3.63) is 51.8 Å². The van der Waals surface area contributed by atoms with Gasteiger partial charge in [0, 0.05) is 86.6 Å². The lowest BCUT2D eigenvalue weighted by Crippen LogP contribution is -2.44. The highest BCUT2D eigenvalue weighted by Crippen LogP contribution is 2.41. The maximum absolute atomic E-state index is 13.1. The molecule has 45 heavy (non-hydrogen) atoms. The van der Waals surface area contributed by atoms with Crippen LogP contribution in [-0.4, -0.2) is 82.4 Å². The van der Waals surface area contributed by atoms with Gasteiger partial charge in [0.25, 0.3) is 0 Å². The van der Waals surface area contributed by atoms with Gasteiger partial charge in [0.15, 0.2) is 0 Å². The molecule has 3 aromatic heterocycles. The van der Waals surface area contributed by atoms with Gasteiger partial charge < -0.3 is 15.2 Å². The molecule has 238 valence electrons. The van der Waals surface area contributed by atoms with Crippen molar-refractivity contribution in [2.24, 2.45) is 0 Å². The zero-order valence-corrected chi connectivity index (χ0v) is 26.4. The lowest BCUT2D eigenvalue weighted by atomic mass is 10.0. The van der Waals surface area contributed by atoms with Crippen LogP contribution in [0.3, 0.4) is 0 Å². The summed E-state index contributed by atoms with van der Waals surface area (Å²) in [5.41, 5.74) is 4.35. The number of nitrogens with zero attached hydrogens (tertiary/aromatic N) is 6. The number of hydrogen-bond donors (Lipinski definition) is 2. The molecule has 1 aromatic carbocycles. The third kappa shape index (κ3) is 6.82. The Hall–Kier alpha value is -3.24. The summed E-state index contributed by atoms with van der Waals surface area (Å²) in [6, 6.07) is 10.7. The van der Waals surface area contributed by atoms with Crippen molar-refractivity contribution in [3.63, 3.8) is 0 Å². The summed E-state index contributed by atoms with van der Waals surface area (Å²) in [7, 11) is 0. The number of halogens is 3. The van der Waals surface area contributed by atoms with Crippen LogP contribution in [0.15, 0.2) is 24.3 Å². The van der Waals surface area contributed by atoms with Gasteiger partial charge in [-0.2, -0.15) is 18.4 Å². The van der Waals surface area contributed by atoms with Gasteiger partial charge in [0.1, 0.15) is 28.2 Å². The van der Waals surface area contributed by atoms with Crippen molar-refractivity contribution in [2.45, 2.75) is 70.3 Å². The van der Waals surface area contributed by atoms with Crippen LogP contribution >= 0.6 is 11.3 Å². The van der Waals surface area contributed by atoms with Gasteiger partial charge in [-0.1, -0.05) is 6.07 Å². The Kier molecular flexibility index (Phi) is 8.46. The molecule has 0 unspecified atom stereocenters. The average molecular weight is 637 g/mol. The fourth-order valence-corrected chi connectivity index (χ4v) is 7.84. The highest BCUT2D eigenvalue weighted by Gasteiger charge is 2.32. The average Bonchev–Trinajstić information content (AvgIpc) is 3.70. The van der Waals surface area contributed by atoms with Gasteiger partial charge in [0.2, 0.25) is 0 Å². The Labute approximate surface area is 265 Å². The Bertz CT molecular complexity index is 1720. The van der Waals surface area contributed by atoms with E-state index in [1.807, 2.05) is 6.07 Å². The quantitative estimate of drug-likeness (QED) is 0.241. The molecule has 0 spiro atoms. The Morgan fingerprint density at radius 2 is 1.78 bits per heavy atom. The number of anilines is 1. The van der Waals surface area contributed by atoms with E-state index in [1.54, 1.807) is 6.07 Å². The van der Waals surface area contributed by atoms with E-state index >= 15 is 0 Å². The molecule has 2 N–H and O–H groups in total. The normalized spacial score (nSPS) is 19.0. The molecular weight excluding hydrogens is 597 g/mol. The summed E-state index contributed by atoms with van der Waals surface area (Å²) in [6.07, 6.45) is -1.26. The molecule has 3 fully saturated rings. The molecule has 0 bridgehead atoms. The first-order chi connectivity index (χ1) is 21.7. The number of aromatic nitrogens is 3. The second-order valence-corrected chi connectivity index (χ2v) is 13.9. The van der Waals surface area contributed by atoms with E-state index in [2.05, 4.69) is 55.1 Å². The predicted octanol–water partition coefficient (Wildman–Crippen LogP) is 5.79. The maximum Gasteiger partial charge on any atom is 0.393 e. The number of alkyl halides is 3. The molecule has 1 aliphatic carbocycles. The third-order valence-electron chi connectivity index (χ3n) is 9.53. The maximum atomic E-state index is 13.1. The predicted molar refractivity (Wildman–Crippen MR) is 172 cm³/mol. The molecule has 4 aromatic rings. The smallest absolute Gasteiger partial charge is 0.367 e. The largest absolute Gasteiger partial charge is 0.393 e. The SMILES string of the molecule is Cc1c(CN2CCC(Nc3nc(C4CC4)nc4sc(CC(F)(F)F)cc34)CC2)ccc2c1cc(C#N)n2CCN1CCNCC1.